The fourth-order valence-electron chi connectivity index (χ4n) is 5.62. The van der Waals surface area contributed by atoms with Gasteiger partial charge in [-0.3, -0.25) is 9.69 Å². The van der Waals surface area contributed by atoms with Gasteiger partial charge < -0.3 is 20.5 Å². The molecular weight excluding hydrogens is 506 g/mol. The number of aliphatic hydroxyl groups excluding tert-OH is 1. The zero-order valence-electron chi connectivity index (χ0n) is 23.2. The normalized spacial score (nSPS) is 24.1. The Morgan fingerprint density at radius 3 is 2.42 bits per heavy atom. The summed E-state index contributed by atoms with van der Waals surface area (Å²) in [5.74, 6) is 0.710. The van der Waals surface area contributed by atoms with Gasteiger partial charge in [-0.1, -0.05) is 49.6 Å². The molecular formula is C28H45N3O6S. The number of hydrogen-bond donors (Lipinski definition) is 3. The third-order valence-electron chi connectivity index (χ3n) is 7.48. The highest BCUT2D eigenvalue weighted by Crippen LogP contribution is 2.39. The molecule has 2 amide bonds. The van der Waals surface area contributed by atoms with Gasteiger partial charge in [-0.05, 0) is 57.4 Å². The van der Waals surface area contributed by atoms with Crippen molar-refractivity contribution in [2.75, 3.05) is 31.7 Å². The highest BCUT2D eigenvalue weighted by Gasteiger charge is 2.41. The van der Waals surface area contributed by atoms with Crippen LogP contribution in [0.3, 0.4) is 0 Å². The fraction of sp³-hybridized carbons (Fsp3) is 0.714. The molecule has 2 aliphatic rings. The van der Waals surface area contributed by atoms with E-state index in [9.17, 15) is 23.1 Å². The summed E-state index contributed by atoms with van der Waals surface area (Å²) in [5, 5.41) is 17.3. The number of sulfone groups is 1. The molecule has 0 bridgehead atoms. The first-order valence-corrected chi connectivity index (χ1v) is 15.8. The summed E-state index contributed by atoms with van der Waals surface area (Å²) in [7, 11) is -3.27. The fourth-order valence-corrected chi connectivity index (χ4v) is 6.01. The van der Waals surface area contributed by atoms with Crippen molar-refractivity contribution >= 4 is 21.8 Å². The summed E-state index contributed by atoms with van der Waals surface area (Å²) in [5.41, 5.74) is 0.568. The molecule has 9 nitrogen and oxygen atoms in total. The summed E-state index contributed by atoms with van der Waals surface area (Å²) in [6.07, 6.45) is 5.12. The Morgan fingerprint density at radius 2 is 1.79 bits per heavy atom. The highest BCUT2D eigenvalue weighted by molar-refractivity contribution is 7.90. The van der Waals surface area contributed by atoms with Crippen LogP contribution >= 0.6 is 0 Å². The maximum Gasteiger partial charge on any atom is 0.407 e. The van der Waals surface area contributed by atoms with Crippen molar-refractivity contribution in [1.82, 2.24) is 15.5 Å². The number of benzene rings is 1. The predicted octanol–water partition coefficient (Wildman–Crippen LogP) is 2.52. The lowest BCUT2D eigenvalue weighted by Crippen LogP contribution is -2.60. The summed E-state index contributed by atoms with van der Waals surface area (Å²) in [6.45, 7) is 6.60. The quantitative estimate of drug-likeness (QED) is 0.408. The first-order valence-electron chi connectivity index (χ1n) is 13.7. The van der Waals surface area contributed by atoms with E-state index in [2.05, 4.69) is 15.5 Å². The minimum absolute atomic E-state index is 0.0264. The number of hydrogen-bond acceptors (Lipinski definition) is 7. The second-order valence-corrected chi connectivity index (χ2v) is 14.3. The molecule has 3 rings (SSSR count). The minimum atomic E-state index is -3.27. The minimum Gasteiger partial charge on any atom is -0.448 e. The molecule has 214 valence electrons. The third kappa shape index (κ3) is 9.85. The van der Waals surface area contributed by atoms with Crippen molar-refractivity contribution in [2.45, 2.75) is 83.0 Å². The van der Waals surface area contributed by atoms with Gasteiger partial charge in [-0.25, -0.2) is 13.2 Å². The molecule has 3 N–H and O–H groups in total. The number of carbonyl (C=O) groups excluding carboxylic acids is 2. The SMILES string of the molecule is CC(C)(C)NC(=O)C1C[C@@H]2CCCC[C@@H]2CN1C[C@@H](O)[C@H](Cc1ccccc1)NC(=O)OCCS(C)(=O)=O. The highest BCUT2D eigenvalue weighted by atomic mass is 32.2. The van der Waals surface area contributed by atoms with E-state index in [1.807, 2.05) is 51.1 Å². The van der Waals surface area contributed by atoms with E-state index in [1.165, 1.54) is 12.8 Å². The number of likely N-dealkylation sites (tertiary alicyclic amines) is 1. The zero-order valence-corrected chi connectivity index (χ0v) is 24.0. The number of carbonyl (C=O) groups is 2. The number of piperidine rings is 1. The molecule has 1 aliphatic carbocycles. The largest absolute Gasteiger partial charge is 0.448 e. The molecule has 0 aromatic heterocycles. The molecule has 1 aromatic rings. The van der Waals surface area contributed by atoms with Gasteiger partial charge in [0.05, 0.1) is 23.9 Å². The van der Waals surface area contributed by atoms with Crippen LogP contribution in [0, 0.1) is 11.8 Å². The lowest BCUT2D eigenvalue weighted by molar-refractivity contribution is -0.132. The summed E-state index contributed by atoms with van der Waals surface area (Å²) >= 11 is 0. The van der Waals surface area contributed by atoms with Gasteiger partial charge in [0.1, 0.15) is 6.61 Å². The summed E-state index contributed by atoms with van der Waals surface area (Å²) in [4.78, 5) is 28.0. The van der Waals surface area contributed by atoms with E-state index in [-0.39, 0.29) is 36.4 Å². The van der Waals surface area contributed by atoms with Gasteiger partial charge in [0.15, 0.2) is 9.84 Å². The van der Waals surface area contributed by atoms with Crippen LogP contribution in [-0.4, -0.2) is 85.9 Å². The lowest BCUT2D eigenvalue weighted by atomic mass is 9.72. The average Bonchev–Trinajstić information content (AvgIpc) is 2.82. The number of rotatable bonds is 10. The predicted molar refractivity (Wildman–Crippen MR) is 147 cm³/mol. The smallest absolute Gasteiger partial charge is 0.407 e. The van der Waals surface area contributed by atoms with Crippen LogP contribution in [-0.2, 0) is 25.8 Å². The number of alkyl carbamates (subject to hydrolysis) is 1. The van der Waals surface area contributed by atoms with Crippen LogP contribution in [0.25, 0.3) is 0 Å². The third-order valence-corrected chi connectivity index (χ3v) is 8.39. The first-order chi connectivity index (χ1) is 17.8. The molecule has 38 heavy (non-hydrogen) atoms. The number of aliphatic hydroxyl groups is 1. The van der Waals surface area contributed by atoms with Crippen molar-refractivity contribution in [3.8, 4) is 0 Å². The average molecular weight is 552 g/mol. The maximum absolute atomic E-state index is 13.3. The van der Waals surface area contributed by atoms with Gasteiger partial charge in [0.25, 0.3) is 0 Å². The molecule has 1 saturated heterocycles. The molecule has 1 unspecified atom stereocenters. The molecule has 0 spiro atoms. The molecule has 1 aromatic carbocycles. The van der Waals surface area contributed by atoms with Gasteiger partial charge in [-0.15, -0.1) is 0 Å². The van der Waals surface area contributed by atoms with Crippen molar-refractivity contribution in [2.24, 2.45) is 11.8 Å². The second kappa shape index (κ2) is 13.3. The molecule has 1 saturated carbocycles. The number of β-amino-alcohol motifs (C(OH)–C–C–N with tert-alkyl or cyclic N) is 1. The van der Waals surface area contributed by atoms with Crippen molar-refractivity contribution < 1.29 is 27.9 Å². The number of amides is 2. The van der Waals surface area contributed by atoms with Crippen LogP contribution in [0.15, 0.2) is 30.3 Å². The number of nitrogens with zero attached hydrogens (tertiary/aromatic N) is 1. The Morgan fingerprint density at radius 1 is 1.13 bits per heavy atom. The monoisotopic (exact) mass is 551 g/mol. The van der Waals surface area contributed by atoms with Crippen molar-refractivity contribution in [1.29, 1.82) is 0 Å². The van der Waals surface area contributed by atoms with E-state index in [0.29, 0.717) is 18.3 Å². The molecule has 5 atom stereocenters. The van der Waals surface area contributed by atoms with E-state index < -0.39 is 28.1 Å². The van der Waals surface area contributed by atoms with Crippen LogP contribution in [0.2, 0.25) is 0 Å². The van der Waals surface area contributed by atoms with Gasteiger partial charge in [0, 0.05) is 24.9 Å². The summed E-state index contributed by atoms with van der Waals surface area (Å²) in [6, 6.07) is 8.50. The lowest BCUT2D eigenvalue weighted by Gasteiger charge is -2.47. The van der Waals surface area contributed by atoms with Gasteiger partial charge in [0.2, 0.25) is 5.91 Å². The van der Waals surface area contributed by atoms with Crippen molar-refractivity contribution in [3.05, 3.63) is 35.9 Å². The Hall–Kier alpha value is -2.17. The summed E-state index contributed by atoms with van der Waals surface area (Å²) < 4.78 is 27.9. The number of fused-ring (bicyclic) bond motifs is 1. The van der Waals surface area contributed by atoms with E-state index in [0.717, 1.165) is 37.6 Å². The molecule has 2 fully saturated rings. The van der Waals surface area contributed by atoms with Crippen LogP contribution < -0.4 is 10.6 Å². The standard InChI is InChI=1S/C28H45N3O6S/c1-28(2,3)30-26(33)24-17-21-12-8-9-13-22(21)18-31(24)19-25(32)23(16-20-10-6-5-7-11-20)29-27(34)37-14-15-38(4,35)36/h5-7,10-11,21-25,32H,8-9,12-19H2,1-4H3,(H,29,34)(H,30,33)/t21-,22+,23-,24?,25+/m0/s1. The Balaban J connectivity index is 1.74. The second-order valence-electron chi connectivity index (χ2n) is 12.0. The zero-order chi connectivity index (χ0) is 27.9. The molecule has 1 aliphatic heterocycles. The van der Waals surface area contributed by atoms with Gasteiger partial charge in [-0.2, -0.15) is 0 Å². The first kappa shape index (κ1) is 30.4. The van der Waals surface area contributed by atoms with E-state index >= 15 is 0 Å². The molecule has 1 heterocycles. The molecule has 0 radical (unpaired) electrons. The van der Waals surface area contributed by atoms with Crippen LogP contribution in [0.4, 0.5) is 4.79 Å². The van der Waals surface area contributed by atoms with E-state index in [4.69, 9.17) is 4.74 Å². The Bertz CT molecular complexity index is 1030. The van der Waals surface area contributed by atoms with E-state index in [1.54, 1.807) is 0 Å². The van der Waals surface area contributed by atoms with Gasteiger partial charge >= 0.3 is 6.09 Å². The van der Waals surface area contributed by atoms with Crippen LogP contribution in [0.1, 0.15) is 58.4 Å². The maximum atomic E-state index is 13.3. The van der Waals surface area contributed by atoms with Crippen molar-refractivity contribution in [3.63, 3.8) is 0 Å². The number of ether oxygens (including phenoxy) is 1. The molecule has 10 heteroatoms. The van der Waals surface area contributed by atoms with Crippen LogP contribution in [0.5, 0.6) is 0 Å². The Kier molecular flexibility index (Phi) is 10.6. The topological polar surface area (TPSA) is 125 Å². The number of nitrogens with one attached hydrogen (secondary N) is 2. The Labute approximate surface area is 227 Å².